The molecule has 0 aromatic carbocycles. The minimum absolute atomic E-state index is 0.0899. The standard InChI is InChI=1S/C14H16N2O4S3/c1-10(17)20-16-13(18)9-11(14(16)19)21-7-4-8-22-23-12-5-2-3-6-15-12/h2-3,5-6,11H,4,7-9H2,1H3. The van der Waals surface area contributed by atoms with Crippen LogP contribution in [0.2, 0.25) is 0 Å². The number of hydroxylamine groups is 2. The van der Waals surface area contributed by atoms with Gasteiger partial charge in [0.15, 0.2) is 0 Å². The zero-order valence-corrected chi connectivity index (χ0v) is 14.9. The van der Waals surface area contributed by atoms with Gasteiger partial charge in [-0.15, -0.1) is 16.8 Å². The smallest absolute Gasteiger partial charge is 0.330 e. The summed E-state index contributed by atoms with van der Waals surface area (Å²) in [4.78, 5) is 43.3. The Morgan fingerprint density at radius 2 is 2.22 bits per heavy atom. The molecule has 2 heterocycles. The summed E-state index contributed by atoms with van der Waals surface area (Å²) in [6.07, 6.45) is 2.77. The van der Waals surface area contributed by atoms with Gasteiger partial charge in [-0.2, -0.15) is 0 Å². The maximum Gasteiger partial charge on any atom is 0.330 e. The van der Waals surface area contributed by atoms with E-state index in [4.69, 9.17) is 0 Å². The molecule has 0 aliphatic carbocycles. The summed E-state index contributed by atoms with van der Waals surface area (Å²) in [7, 11) is 3.33. The first-order valence-electron chi connectivity index (χ1n) is 6.95. The average Bonchev–Trinajstić information content (AvgIpc) is 2.79. The molecule has 1 saturated heterocycles. The number of nitrogens with zero attached hydrogens (tertiary/aromatic N) is 2. The van der Waals surface area contributed by atoms with Gasteiger partial charge in [-0.25, -0.2) is 9.78 Å². The number of carbonyl (C=O) groups excluding carboxylic acids is 3. The van der Waals surface area contributed by atoms with Crippen molar-refractivity contribution in [1.82, 2.24) is 10.0 Å². The Morgan fingerprint density at radius 1 is 1.39 bits per heavy atom. The molecule has 1 aromatic heterocycles. The summed E-state index contributed by atoms with van der Waals surface area (Å²) in [5.41, 5.74) is 0. The first kappa shape index (κ1) is 18.2. The van der Waals surface area contributed by atoms with E-state index in [1.54, 1.807) is 27.8 Å². The zero-order valence-electron chi connectivity index (χ0n) is 12.5. The number of rotatable bonds is 8. The third-order valence-corrected chi connectivity index (χ3v) is 6.40. The van der Waals surface area contributed by atoms with Crippen molar-refractivity contribution in [2.24, 2.45) is 0 Å². The van der Waals surface area contributed by atoms with Gasteiger partial charge in [0.1, 0.15) is 5.03 Å². The molecule has 0 saturated carbocycles. The molecule has 0 bridgehead atoms. The number of imide groups is 1. The Hall–Kier alpha value is -1.19. The van der Waals surface area contributed by atoms with E-state index in [2.05, 4.69) is 9.82 Å². The number of carbonyl (C=O) groups is 3. The topological polar surface area (TPSA) is 76.6 Å². The molecular weight excluding hydrogens is 356 g/mol. The summed E-state index contributed by atoms with van der Waals surface area (Å²) in [6, 6.07) is 5.78. The first-order chi connectivity index (χ1) is 11.1. The summed E-state index contributed by atoms with van der Waals surface area (Å²) in [5, 5.41) is 1.11. The Labute approximate surface area is 146 Å². The number of amides is 2. The molecule has 1 aliphatic heterocycles. The third kappa shape index (κ3) is 5.74. The van der Waals surface area contributed by atoms with Gasteiger partial charge in [-0.3, -0.25) is 9.59 Å². The Bertz CT molecular complexity index is 570. The molecule has 0 spiro atoms. The van der Waals surface area contributed by atoms with E-state index in [-0.39, 0.29) is 6.42 Å². The van der Waals surface area contributed by atoms with Crippen LogP contribution in [0.25, 0.3) is 0 Å². The van der Waals surface area contributed by atoms with E-state index in [0.717, 1.165) is 29.9 Å². The van der Waals surface area contributed by atoms with Crippen molar-refractivity contribution < 1.29 is 19.2 Å². The van der Waals surface area contributed by atoms with Crippen LogP contribution in [-0.2, 0) is 19.2 Å². The van der Waals surface area contributed by atoms with Crippen LogP contribution in [0.1, 0.15) is 19.8 Å². The van der Waals surface area contributed by atoms with Crippen LogP contribution in [0.15, 0.2) is 29.4 Å². The average molecular weight is 372 g/mol. The van der Waals surface area contributed by atoms with Gasteiger partial charge in [0.05, 0.1) is 11.7 Å². The van der Waals surface area contributed by atoms with Gasteiger partial charge >= 0.3 is 5.97 Å². The number of hydrogen-bond acceptors (Lipinski definition) is 8. The number of aromatic nitrogens is 1. The second kappa shape index (κ2) is 9.19. The van der Waals surface area contributed by atoms with Crippen molar-refractivity contribution >= 4 is 51.1 Å². The zero-order chi connectivity index (χ0) is 16.7. The van der Waals surface area contributed by atoms with Crippen molar-refractivity contribution in [3.8, 4) is 0 Å². The van der Waals surface area contributed by atoms with Gasteiger partial charge < -0.3 is 4.84 Å². The largest absolute Gasteiger partial charge is 0.331 e. The lowest BCUT2D eigenvalue weighted by Crippen LogP contribution is -2.33. The molecule has 2 amide bonds. The molecule has 1 fully saturated rings. The van der Waals surface area contributed by atoms with E-state index < -0.39 is 23.0 Å². The van der Waals surface area contributed by atoms with Crippen LogP contribution in [0.5, 0.6) is 0 Å². The highest BCUT2D eigenvalue weighted by Crippen LogP contribution is 2.31. The van der Waals surface area contributed by atoms with Crippen molar-refractivity contribution in [3.63, 3.8) is 0 Å². The van der Waals surface area contributed by atoms with E-state index in [0.29, 0.717) is 5.06 Å². The summed E-state index contributed by atoms with van der Waals surface area (Å²) >= 11 is 1.43. The van der Waals surface area contributed by atoms with Gasteiger partial charge in [0.25, 0.3) is 11.8 Å². The summed E-state index contributed by atoms with van der Waals surface area (Å²) in [6.45, 7) is 1.16. The van der Waals surface area contributed by atoms with Crippen LogP contribution in [0.4, 0.5) is 0 Å². The van der Waals surface area contributed by atoms with E-state index in [9.17, 15) is 14.4 Å². The van der Waals surface area contributed by atoms with Crippen molar-refractivity contribution in [3.05, 3.63) is 24.4 Å². The van der Waals surface area contributed by atoms with E-state index in [1.165, 1.54) is 11.8 Å². The Morgan fingerprint density at radius 3 is 2.91 bits per heavy atom. The molecule has 9 heteroatoms. The highest BCUT2D eigenvalue weighted by atomic mass is 33.1. The second-order valence-corrected chi connectivity index (χ2v) is 8.35. The summed E-state index contributed by atoms with van der Waals surface area (Å²) < 4.78 is 0. The molecule has 0 N–H and O–H groups in total. The first-order valence-corrected chi connectivity index (χ1v) is 10.3. The molecule has 1 atom stereocenters. The van der Waals surface area contributed by atoms with Crippen LogP contribution in [0.3, 0.4) is 0 Å². The van der Waals surface area contributed by atoms with Crippen LogP contribution >= 0.6 is 33.3 Å². The number of pyridine rings is 1. The molecule has 23 heavy (non-hydrogen) atoms. The van der Waals surface area contributed by atoms with Crippen LogP contribution in [0, 0.1) is 0 Å². The van der Waals surface area contributed by atoms with Gasteiger partial charge in [-0.1, -0.05) is 16.9 Å². The fourth-order valence-electron chi connectivity index (χ4n) is 1.78. The third-order valence-electron chi connectivity index (χ3n) is 2.76. The lowest BCUT2D eigenvalue weighted by Gasteiger charge is -2.12. The van der Waals surface area contributed by atoms with Crippen molar-refractivity contribution in [2.75, 3.05) is 11.5 Å². The SMILES string of the molecule is CC(=O)ON1C(=O)CC(SCCCSSc2ccccn2)C1=O. The van der Waals surface area contributed by atoms with Crippen molar-refractivity contribution in [1.29, 1.82) is 0 Å². The predicted molar refractivity (Wildman–Crippen MR) is 91.7 cm³/mol. The molecule has 1 unspecified atom stereocenters. The normalized spacial score (nSPS) is 17.6. The Balaban J connectivity index is 1.62. The Kier molecular flexibility index (Phi) is 7.25. The molecule has 6 nitrogen and oxygen atoms in total. The molecule has 124 valence electrons. The fourth-order valence-corrected chi connectivity index (χ4v) is 5.02. The summed E-state index contributed by atoms with van der Waals surface area (Å²) in [5.74, 6) is 0.137. The van der Waals surface area contributed by atoms with Crippen molar-refractivity contribution in [2.45, 2.75) is 30.0 Å². The number of thioether (sulfide) groups is 1. The molecule has 1 aromatic rings. The number of hydrogen-bond donors (Lipinski definition) is 0. The lowest BCUT2D eigenvalue weighted by molar-refractivity contribution is -0.195. The second-order valence-electron chi connectivity index (χ2n) is 4.60. The van der Waals surface area contributed by atoms with Crippen LogP contribution < -0.4 is 0 Å². The van der Waals surface area contributed by atoms with Gasteiger partial charge in [-0.05, 0) is 35.1 Å². The quantitative estimate of drug-likeness (QED) is 0.391. The lowest BCUT2D eigenvalue weighted by atomic mass is 10.4. The molecule has 2 rings (SSSR count). The highest BCUT2D eigenvalue weighted by Gasteiger charge is 2.41. The van der Waals surface area contributed by atoms with Gasteiger partial charge in [0.2, 0.25) is 0 Å². The highest BCUT2D eigenvalue weighted by molar-refractivity contribution is 8.76. The molecule has 1 aliphatic rings. The minimum atomic E-state index is -0.666. The maximum atomic E-state index is 11.9. The molecule has 0 radical (unpaired) electrons. The van der Waals surface area contributed by atoms with Crippen LogP contribution in [-0.4, -0.2) is 44.6 Å². The van der Waals surface area contributed by atoms with E-state index >= 15 is 0 Å². The van der Waals surface area contributed by atoms with Gasteiger partial charge in [0, 0.05) is 18.9 Å². The fraction of sp³-hybridized carbons (Fsp3) is 0.429. The minimum Gasteiger partial charge on any atom is -0.331 e. The maximum absolute atomic E-state index is 11.9. The molecular formula is C14H16N2O4S3. The predicted octanol–water partition coefficient (Wildman–Crippen LogP) is 2.55. The van der Waals surface area contributed by atoms with E-state index in [1.807, 2.05) is 18.2 Å². The monoisotopic (exact) mass is 372 g/mol.